The number of carbonyl (C=O) groups is 2. The highest BCUT2D eigenvalue weighted by atomic mass is 79.9. The molecule has 2 atom stereocenters. The molecule has 8 nitrogen and oxygen atoms in total. The predicted octanol–water partition coefficient (Wildman–Crippen LogP) is 6.33. The van der Waals surface area contributed by atoms with Crippen LogP contribution in [-0.2, 0) is 14.3 Å². The molecule has 218 valence electrons. The molecule has 2 unspecified atom stereocenters. The van der Waals surface area contributed by atoms with Crippen LogP contribution in [0, 0.1) is 0 Å². The zero-order valence-corrected chi connectivity index (χ0v) is 25.7. The molecule has 3 aliphatic rings. The van der Waals surface area contributed by atoms with Gasteiger partial charge in [0.15, 0.2) is 28.8 Å². The molecule has 2 aromatic carbocycles. The maximum absolute atomic E-state index is 14.1. The number of esters is 1. The minimum absolute atomic E-state index is 0.0242. The fraction of sp³-hybridized carbons (Fsp3) is 0.438. The summed E-state index contributed by atoms with van der Waals surface area (Å²) in [6, 6.07) is 9.42. The van der Waals surface area contributed by atoms with Crippen molar-refractivity contribution in [2.75, 3.05) is 28.4 Å². The summed E-state index contributed by atoms with van der Waals surface area (Å²) in [7, 11) is 6.34. The molecule has 0 bridgehead atoms. The van der Waals surface area contributed by atoms with Crippen molar-refractivity contribution in [1.29, 1.82) is 0 Å². The largest absolute Gasteiger partial charge is 0.493 e. The van der Waals surface area contributed by atoms with E-state index in [1.807, 2.05) is 37.3 Å². The van der Waals surface area contributed by atoms with Crippen molar-refractivity contribution >= 4 is 27.7 Å². The summed E-state index contributed by atoms with van der Waals surface area (Å²) < 4.78 is 28.7. The molecule has 9 heteroatoms. The molecule has 0 spiro atoms. The second-order valence-corrected chi connectivity index (χ2v) is 11.5. The Morgan fingerprint density at radius 2 is 1.51 bits per heavy atom. The SMILES string of the molecule is COc1ccc(C2CC(=O)C3=C(C2)NC(C)=C(C(=O)OC2CCCC2)C3c2cc(OC)c(OC)cc2Br)cc1OC. The summed E-state index contributed by atoms with van der Waals surface area (Å²) in [5.41, 5.74) is 4.25. The molecule has 2 aliphatic carbocycles. The van der Waals surface area contributed by atoms with Crippen LogP contribution in [0.15, 0.2) is 57.3 Å². The Morgan fingerprint density at radius 3 is 2.17 bits per heavy atom. The molecule has 0 saturated heterocycles. The van der Waals surface area contributed by atoms with Crippen LogP contribution < -0.4 is 24.3 Å². The highest BCUT2D eigenvalue weighted by Gasteiger charge is 2.43. The highest BCUT2D eigenvalue weighted by Crippen LogP contribution is 2.49. The molecule has 2 aromatic rings. The third-order valence-corrected chi connectivity index (χ3v) is 9.00. The van der Waals surface area contributed by atoms with Crippen LogP contribution in [0.2, 0.25) is 0 Å². The van der Waals surface area contributed by atoms with Gasteiger partial charge in [-0.2, -0.15) is 0 Å². The number of nitrogens with one attached hydrogen (secondary N) is 1. The van der Waals surface area contributed by atoms with Crippen LogP contribution in [-0.4, -0.2) is 46.3 Å². The van der Waals surface area contributed by atoms with Gasteiger partial charge in [0.1, 0.15) is 6.10 Å². The van der Waals surface area contributed by atoms with E-state index < -0.39 is 11.9 Å². The van der Waals surface area contributed by atoms with E-state index in [1.165, 1.54) is 0 Å². The Hall–Kier alpha value is -3.46. The third-order valence-electron chi connectivity index (χ3n) is 8.32. The van der Waals surface area contributed by atoms with Gasteiger partial charge < -0.3 is 29.0 Å². The van der Waals surface area contributed by atoms with E-state index in [0.29, 0.717) is 57.2 Å². The number of halogens is 1. The molecule has 1 fully saturated rings. The molecule has 41 heavy (non-hydrogen) atoms. The molecule has 0 aromatic heterocycles. The van der Waals surface area contributed by atoms with Gasteiger partial charge in [0.2, 0.25) is 0 Å². The van der Waals surface area contributed by atoms with Gasteiger partial charge in [0, 0.05) is 33.8 Å². The van der Waals surface area contributed by atoms with Gasteiger partial charge in [0.05, 0.1) is 34.0 Å². The maximum Gasteiger partial charge on any atom is 0.337 e. The van der Waals surface area contributed by atoms with E-state index in [0.717, 1.165) is 42.5 Å². The second kappa shape index (κ2) is 12.2. The van der Waals surface area contributed by atoms with Crippen molar-refractivity contribution < 1.29 is 33.3 Å². The molecule has 1 saturated carbocycles. The second-order valence-electron chi connectivity index (χ2n) is 10.7. The normalized spacial score (nSPS) is 20.9. The summed E-state index contributed by atoms with van der Waals surface area (Å²) >= 11 is 3.70. The van der Waals surface area contributed by atoms with E-state index in [4.69, 9.17) is 23.7 Å². The number of ketones is 1. The molecule has 1 N–H and O–H groups in total. The topological polar surface area (TPSA) is 92.3 Å². The fourth-order valence-corrected chi connectivity index (χ4v) is 6.83. The lowest BCUT2D eigenvalue weighted by Crippen LogP contribution is -2.36. The van der Waals surface area contributed by atoms with Crippen LogP contribution in [0.3, 0.4) is 0 Å². The number of allylic oxidation sites excluding steroid dienone is 3. The Bertz CT molecular complexity index is 1420. The Morgan fingerprint density at radius 1 is 0.878 bits per heavy atom. The van der Waals surface area contributed by atoms with Crippen LogP contribution in [0.5, 0.6) is 23.0 Å². The lowest BCUT2D eigenvalue weighted by Gasteiger charge is -2.37. The zero-order valence-electron chi connectivity index (χ0n) is 24.1. The number of methoxy groups -OCH3 is 4. The maximum atomic E-state index is 14.1. The number of rotatable bonds is 8. The molecule has 1 aliphatic heterocycles. The number of carbonyl (C=O) groups excluding carboxylic acids is 2. The summed E-state index contributed by atoms with van der Waals surface area (Å²) in [6.45, 7) is 1.88. The zero-order chi connectivity index (χ0) is 29.3. The minimum atomic E-state index is -0.631. The smallest absolute Gasteiger partial charge is 0.337 e. The van der Waals surface area contributed by atoms with Crippen molar-refractivity contribution in [2.45, 2.75) is 63.4 Å². The van der Waals surface area contributed by atoms with E-state index in [9.17, 15) is 9.59 Å². The summed E-state index contributed by atoms with van der Waals surface area (Å²) in [4.78, 5) is 27.9. The standard InChI is InChI=1S/C32H36BrNO7/c1-17-29(32(36)41-20-8-6-7-9-20)30(21-15-27(39-4)28(40-5)16-22(21)33)31-23(34-17)12-19(13-24(31)35)18-10-11-25(37-2)26(14-18)38-3/h10-11,14-16,19-20,30,34H,6-9,12-13H2,1-5H3. The van der Waals surface area contributed by atoms with Crippen molar-refractivity contribution in [3.63, 3.8) is 0 Å². The van der Waals surface area contributed by atoms with Gasteiger partial charge in [0.25, 0.3) is 0 Å². The number of benzene rings is 2. The average Bonchev–Trinajstić information content (AvgIpc) is 3.48. The average molecular weight is 627 g/mol. The van der Waals surface area contributed by atoms with Crippen molar-refractivity contribution in [3.05, 3.63) is 68.5 Å². The van der Waals surface area contributed by atoms with Gasteiger partial charge in [-0.25, -0.2) is 4.79 Å². The molecular weight excluding hydrogens is 590 g/mol. The van der Waals surface area contributed by atoms with Gasteiger partial charge in [-0.05, 0) is 80.3 Å². The summed E-state index contributed by atoms with van der Waals surface area (Å²) in [6.07, 6.45) is 4.59. The first-order valence-corrected chi connectivity index (χ1v) is 14.7. The Balaban J connectivity index is 1.59. The van der Waals surface area contributed by atoms with Crippen LogP contribution >= 0.6 is 15.9 Å². The predicted molar refractivity (Wildman–Crippen MR) is 158 cm³/mol. The van der Waals surface area contributed by atoms with Crippen LogP contribution in [0.4, 0.5) is 0 Å². The molecular formula is C32H36BrNO7. The van der Waals surface area contributed by atoms with E-state index in [1.54, 1.807) is 28.4 Å². The van der Waals surface area contributed by atoms with Gasteiger partial charge >= 0.3 is 5.97 Å². The third kappa shape index (κ3) is 5.56. The Labute approximate surface area is 249 Å². The molecule has 1 heterocycles. The first-order valence-electron chi connectivity index (χ1n) is 13.9. The summed E-state index contributed by atoms with van der Waals surface area (Å²) in [5, 5.41) is 3.44. The number of dihydropyridines is 1. The van der Waals surface area contributed by atoms with Crippen molar-refractivity contribution in [2.24, 2.45) is 0 Å². The minimum Gasteiger partial charge on any atom is -0.493 e. The number of ether oxygens (including phenoxy) is 5. The van der Waals surface area contributed by atoms with Gasteiger partial charge in [-0.1, -0.05) is 22.0 Å². The van der Waals surface area contributed by atoms with Gasteiger partial charge in [-0.15, -0.1) is 0 Å². The fourth-order valence-electron chi connectivity index (χ4n) is 6.28. The van der Waals surface area contributed by atoms with Crippen LogP contribution in [0.25, 0.3) is 0 Å². The lowest BCUT2D eigenvalue weighted by atomic mass is 9.71. The Kier molecular flexibility index (Phi) is 8.63. The van der Waals surface area contributed by atoms with Gasteiger partial charge in [-0.3, -0.25) is 4.79 Å². The number of hydrogen-bond donors (Lipinski definition) is 1. The van der Waals surface area contributed by atoms with Crippen molar-refractivity contribution in [3.8, 4) is 23.0 Å². The summed E-state index contributed by atoms with van der Waals surface area (Å²) in [5.74, 6) is 1.20. The molecule has 0 radical (unpaired) electrons. The highest BCUT2D eigenvalue weighted by molar-refractivity contribution is 9.10. The lowest BCUT2D eigenvalue weighted by molar-refractivity contribution is -0.144. The van der Waals surface area contributed by atoms with E-state index in [-0.39, 0.29) is 17.8 Å². The first kappa shape index (κ1) is 29.0. The van der Waals surface area contributed by atoms with Crippen LogP contribution in [0.1, 0.15) is 68.4 Å². The first-order chi connectivity index (χ1) is 19.8. The van der Waals surface area contributed by atoms with E-state index in [2.05, 4.69) is 21.2 Å². The molecule has 5 rings (SSSR count). The van der Waals surface area contributed by atoms with Crippen molar-refractivity contribution in [1.82, 2.24) is 5.32 Å². The quantitative estimate of drug-likeness (QED) is 0.340. The van der Waals surface area contributed by atoms with E-state index >= 15 is 0 Å². The molecule has 0 amide bonds. The monoisotopic (exact) mass is 625 g/mol. The number of Topliss-reactive ketones (excluding diaryl/α,β-unsaturated/α-hetero) is 1. The number of hydrogen-bond acceptors (Lipinski definition) is 8.